The number of aromatic nitrogens is 2. The van der Waals surface area contributed by atoms with Gasteiger partial charge in [0.25, 0.3) is 0 Å². The molecule has 0 radical (unpaired) electrons. The molecule has 3 nitrogen and oxygen atoms in total. The van der Waals surface area contributed by atoms with Crippen LogP contribution in [0.15, 0.2) is 6.07 Å². The summed E-state index contributed by atoms with van der Waals surface area (Å²) in [7, 11) is 2.01. The average Bonchev–Trinajstić information content (AvgIpc) is 2.48. The van der Waals surface area contributed by atoms with E-state index in [0.717, 1.165) is 25.9 Å². The van der Waals surface area contributed by atoms with Gasteiger partial charge < -0.3 is 5.32 Å². The minimum absolute atomic E-state index is 1.02. The van der Waals surface area contributed by atoms with Crippen molar-refractivity contribution in [2.45, 2.75) is 26.7 Å². The molecular formula is C10H19N3. The van der Waals surface area contributed by atoms with E-state index in [4.69, 9.17) is 0 Å². The summed E-state index contributed by atoms with van der Waals surface area (Å²) in [5.41, 5.74) is 2.51. The molecule has 0 aliphatic carbocycles. The Balaban J connectivity index is 2.50. The normalized spacial score (nSPS) is 10.7. The van der Waals surface area contributed by atoms with E-state index in [2.05, 4.69) is 30.3 Å². The number of nitrogens with one attached hydrogen (secondary N) is 1. The van der Waals surface area contributed by atoms with Gasteiger partial charge in [-0.1, -0.05) is 13.8 Å². The SMILES string of the molecule is CCNCCc1cc(CC)nn1C. The fraction of sp³-hybridized carbons (Fsp3) is 0.700. The van der Waals surface area contributed by atoms with Crippen molar-refractivity contribution in [1.82, 2.24) is 15.1 Å². The lowest BCUT2D eigenvalue weighted by Gasteiger charge is -2.01. The molecule has 1 aromatic heterocycles. The number of rotatable bonds is 5. The molecule has 0 saturated heterocycles. The molecule has 1 rings (SSSR count). The van der Waals surface area contributed by atoms with Crippen molar-refractivity contribution in [3.05, 3.63) is 17.5 Å². The van der Waals surface area contributed by atoms with E-state index in [9.17, 15) is 0 Å². The summed E-state index contributed by atoms with van der Waals surface area (Å²) in [4.78, 5) is 0. The van der Waals surface area contributed by atoms with Gasteiger partial charge in [-0.2, -0.15) is 5.10 Å². The zero-order chi connectivity index (χ0) is 9.68. The first-order valence-corrected chi connectivity index (χ1v) is 5.00. The number of nitrogens with zero attached hydrogens (tertiary/aromatic N) is 2. The lowest BCUT2D eigenvalue weighted by atomic mass is 10.2. The fourth-order valence-electron chi connectivity index (χ4n) is 1.37. The van der Waals surface area contributed by atoms with Crippen LogP contribution in [-0.2, 0) is 19.9 Å². The summed E-state index contributed by atoms with van der Waals surface area (Å²) < 4.78 is 1.98. The Kier molecular flexibility index (Phi) is 3.96. The van der Waals surface area contributed by atoms with Crippen molar-refractivity contribution in [1.29, 1.82) is 0 Å². The quantitative estimate of drug-likeness (QED) is 0.690. The molecular weight excluding hydrogens is 162 g/mol. The molecule has 3 heteroatoms. The predicted octanol–water partition coefficient (Wildman–Crippen LogP) is 1.13. The molecule has 0 fully saturated rings. The second-order valence-corrected chi connectivity index (χ2v) is 3.21. The Morgan fingerprint density at radius 3 is 2.77 bits per heavy atom. The number of likely N-dealkylation sites (N-methyl/N-ethyl adjacent to an activating group) is 1. The van der Waals surface area contributed by atoms with Crippen LogP contribution in [0.4, 0.5) is 0 Å². The first kappa shape index (κ1) is 10.3. The van der Waals surface area contributed by atoms with Crippen molar-refractivity contribution in [3.8, 4) is 0 Å². The van der Waals surface area contributed by atoms with Crippen molar-refractivity contribution in [2.75, 3.05) is 13.1 Å². The molecule has 1 N–H and O–H groups in total. The van der Waals surface area contributed by atoms with Gasteiger partial charge in [-0.25, -0.2) is 0 Å². The van der Waals surface area contributed by atoms with Crippen LogP contribution in [0.3, 0.4) is 0 Å². The van der Waals surface area contributed by atoms with Crippen molar-refractivity contribution < 1.29 is 0 Å². The lowest BCUT2D eigenvalue weighted by Crippen LogP contribution is -2.17. The number of hydrogen-bond donors (Lipinski definition) is 1. The van der Waals surface area contributed by atoms with Gasteiger partial charge in [-0.15, -0.1) is 0 Å². The van der Waals surface area contributed by atoms with Gasteiger partial charge in [0.15, 0.2) is 0 Å². The van der Waals surface area contributed by atoms with E-state index in [0.29, 0.717) is 0 Å². The highest BCUT2D eigenvalue weighted by atomic mass is 15.3. The predicted molar refractivity (Wildman–Crippen MR) is 54.8 cm³/mol. The lowest BCUT2D eigenvalue weighted by molar-refractivity contribution is 0.654. The monoisotopic (exact) mass is 181 g/mol. The first-order chi connectivity index (χ1) is 6.27. The molecule has 0 bridgehead atoms. The summed E-state index contributed by atoms with van der Waals surface area (Å²) >= 11 is 0. The Labute approximate surface area is 80.1 Å². The maximum atomic E-state index is 4.40. The van der Waals surface area contributed by atoms with Crippen LogP contribution >= 0.6 is 0 Å². The van der Waals surface area contributed by atoms with Crippen molar-refractivity contribution in [2.24, 2.45) is 7.05 Å². The van der Waals surface area contributed by atoms with Gasteiger partial charge in [-0.05, 0) is 19.0 Å². The standard InChI is InChI=1S/C10H19N3/c1-4-9-8-10(13(3)12-9)6-7-11-5-2/h8,11H,4-7H2,1-3H3. The average molecular weight is 181 g/mol. The van der Waals surface area contributed by atoms with Gasteiger partial charge in [0, 0.05) is 25.7 Å². The van der Waals surface area contributed by atoms with E-state index in [1.807, 2.05) is 11.7 Å². The zero-order valence-corrected chi connectivity index (χ0v) is 8.80. The van der Waals surface area contributed by atoms with Gasteiger partial charge >= 0.3 is 0 Å². The van der Waals surface area contributed by atoms with Crippen LogP contribution in [0.5, 0.6) is 0 Å². The van der Waals surface area contributed by atoms with Crippen LogP contribution in [-0.4, -0.2) is 22.9 Å². The van der Waals surface area contributed by atoms with Crippen molar-refractivity contribution >= 4 is 0 Å². The van der Waals surface area contributed by atoms with Gasteiger partial charge in [-0.3, -0.25) is 4.68 Å². The van der Waals surface area contributed by atoms with Gasteiger partial charge in [0.05, 0.1) is 5.69 Å². The van der Waals surface area contributed by atoms with E-state index < -0.39 is 0 Å². The van der Waals surface area contributed by atoms with E-state index in [1.54, 1.807) is 0 Å². The molecule has 0 spiro atoms. The summed E-state index contributed by atoms with van der Waals surface area (Å²) in [6.45, 7) is 6.34. The fourth-order valence-corrected chi connectivity index (χ4v) is 1.37. The Bertz CT molecular complexity index is 253. The minimum atomic E-state index is 1.02. The number of hydrogen-bond acceptors (Lipinski definition) is 2. The molecule has 1 aromatic rings. The largest absolute Gasteiger partial charge is 0.317 e. The molecule has 74 valence electrons. The molecule has 13 heavy (non-hydrogen) atoms. The summed E-state index contributed by atoms with van der Waals surface area (Å²) in [5, 5.41) is 7.71. The van der Waals surface area contributed by atoms with Crippen LogP contribution in [0, 0.1) is 0 Å². The molecule has 0 unspecified atom stereocenters. The highest BCUT2D eigenvalue weighted by Crippen LogP contribution is 2.03. The van der Waals surface area contributed by atoms with E-state index in [1.165, 1.54) is 11.4 Å². The second kappa shape index (κ2) is 5.02. The van der Waals surface area contributed by atoms with Crippen molar-refractivity contribution in [3.63, 3.8) is 0 Å². The maximum absolute atomic E-state index is 4.40. The molecule has 0 aromatic carbocycles. The third-order valence-corrected chi connectivity index (χ3v) is 2.20. The molecule has 0 aliphatic rings. The molecule has 0 saturated carbocycles. The zero-order valence-electron chi connectivity index (χ0n) is 8.80. The highest BCUT2D eigenvalue weighted by molar-refractivity contribution is 5.10. The summed E-state index contributed by atoms with van der Waals surface area (Å²) in [5.74, 6) is 0. The molecule has 0 amide bonds. The maximum Gasteiger partial charge on any atom is 0.0624 e. The summed E-state index contributed by atoms with van der Waals surface area (Å²) in [6.07, 6.45) is 2.09. The topological polar surface area (TPSA) is 29.9 Å². The first-order valence-electron chi connectivity index (χ1n) is 5.00. The second-order valence-electron chi connectivity index (χ2n) is 3.21. The summed E-state index contributed by atoms with van der Waals surface area (Å²) in [6, 6.07) is 2.19. The number of aryl methyl sites for hydroxylation is 2. The Hall–Kier alpha value is -0.830. The van der Waals surface area contributed by atoms with Crippen LogP contribution in [0.1, 0.15) is 25.2 Å². The van der Waals surface area contributed by atoms with Gasteiger partial charge in [0.2, 0.25) is 0 Å². The third kappa shape index (κ3) is 2.84. The van der Waals surface area contributed by atoms with E-state index in [-0.39, 0.29) is 0 Å². The van der Waals surface area contributed by atoms with Crippen LogP contribution in [0.25, 0.3) is 0 Å². The Morgan fingerprint density at radius 2 is 2.23 bits per heavy atom. The minimum Gasteiger partial charge on any atom is -0.317 e. The van der Waals surface area contributed by atoms with E-state index >= 15 is 0 Å². The Morgan fingerprint density at radius 1 is 1.46 bits per heavy atom. The molecule has 0 atom stereocenters. The van der Waals surface area contributed by atoms with Gasteiger partial charge in [0.1, 0.15) is 0 Å². The highest BCUT2D eigenvalue weighted by Gasteiger charge is 2.02. The molecule has 0 aliphatic heterocycles. The molecule has 1 heterocycles. The van der Waals surface area contributed by atoms with Crippen LogP contribution in [0.2, 0.25) is 0 Å². The van der Waals surface area contributed by atoms with Crippen LogP contribution < -0.4 is 5.32 Å². The third-order valence-electron chi connectivity index (χ3n) is 2.20. The smallest absolute Gasteiger partial charge is 0.0624 e.